The van der Waals surface area contributed by atoms with E-state index in [-0.39, 0.29) is 16.5 Å². The fourth-order valence-corrected chi connectivity index (χ4v) is 3.32. The summed E-state index contributed by atoms with van der Waals surface area (Å²) >= 11 is 5.76. The molecule has 2 N–H and O–H groups in total. The molecule has 0 bridgehead atoms. The zero-order valence-electron chi connectivity index (χ0n) is 11.9. The monoisotopic (exact) mass is 352 g/mol. The first-order valence-corrected chi connectivity index (χ1v) is 8.65. The Kier molecular flexibility index (Phi) is 4.14. The third-order valence-electron chi connectivity index (χ3n) is 3.25. The van der Waals surface area contributed by atoms with Crippen molar-refractivity contribution in [1.82, 2.24) is 5.32 Å². The highest BCUT2D eigenvalue weighted by molar-refractivity contribution is 7.92. The molecular weight excluding hydrogens is 340 g/mol. The lowest BCUT2D eigenvalue weighted by Gasteiger charge is -2.11. The van der Waals surface area contributed by atoms with Crippen LogP contribution in [0.15, 0.2) is 47.4 Å². The van der Waals surface area contributed by atoms with Crippen molar-refractivity contribution in [1.29, 1.82) is 0 Å². The van der Waals surface area contributed by atoms with E-state index in [1.165, 1.54) is 30.3 Å². The first-order chi connectivity index (χ1) is 11.0. The Morgan fingerprint density at radius 3 is 2.61 bits per heavy atom. The summed E-state index contributed by atoms with van der Waals surface area (Å²) < 4.78 is 32.6. The van der Waals surface area contributed by atoms with E-state index >= 15 is 0 Å². The first-order valence-electron chi connectivity index (χ1n) is 6.79. The minimum atomic E-state index is -3.76. The van der Waals surface area contributed by atoms with Gasteiger partial charge < -0.3 is 10.1 Å². The molecule has 0 spiro atoms. The fourth-order valence-electron chi connectivity index (χ4n) is 2.15. The Morgan fingerprint density at radius 1 is 1.13 bits per heavy atom. The van der Waals surface area contributed by atoms with Crippen LogP contribution in [0.3, 0.4) is 0 Å². The zero-order chi connectivity index (χ0) is 16.4. The number of ether oxygens (including phenoxy) is 1. The van der Waals surface area contributed by atoms with Crippen molar-refractivity contribution < 1.29 is 17.9 Å². The number of hydrogen-bond donors (Lipinski definition) is 2. The molecule has 0 radical (unpaired) electrons. The normalized spacial score (nSPS) is 14.2. The van der Waals surface area contributed by atoms with Gasteiger partial charge in [-0.05, 0) is 42.5 Å². The Balaban J connectivity index is 1.91. The van der Waals surface area contributed by atoms with Gasteiger partial charge in [-0.3, -0.25) is 9.52 Å². The van der Waals surface area contributed by atoms with Gasteiger partial charge in [0.25, 0.3) is 15.9 Å². The maximum atomic E-state index is 12.3. The van der Waals surface area contributed by atoms with E-state index in [0.717, 1.165) is 0 Å². The molecule has 0 unspecified atom stereocenters. The Hall–Kier alpha value is -2.25. The Labute approximate surface area is 138 Å². The number of halogens is 1. The van der Waals surface area contributed by atoms with E-state index in [0.29, 0.717) is 29.5 Å². The van der Waals surface area contributed by atoms with E-state index in [1.54, 1.807) is 12.1 Å². The lowest BCUT2D eigenvalue weighted by molar-refractivity contribution is 0.0957. The summed E-state index contributed by atoms with van der Waals surface area (Å²) in [5, 5.41) is 3.12. The molecule has 120 valence electrons. The second kappa shape index (κ2) is 6.10. The van der Waals surface area contributed by atoms with Crippen LogP contribution in [0.1, 0.15) is 10.4 Å². The van der Waals surface area contributed by atoms with Gasteiger partial charge in [0.15, 0.2) is 0 Å². The van der Waals surface area contributed by atoms with E-state index < -0.39 is 10.0 Å². The van der Waals surface area contributed by atoms with Crippen LogP contribution in [0.2, 0.25) is 5.02 Å². The maximum Gasteiger partial charge on any atom is 0.261 e. The summed E-state index contributed by atoms with van der Waals surface area (Å²) in [5.74, 6) is 0.125. The smallest absolute Gasteiger partial charge is 0.261 e. The average Bonchev–Trinajstić information content (AvgIpc) is 2.69. The minimum Gasteiger partial charge on any atom is -0.491 e. The summed E-state index contributed by atoms with van der Waals surface area (Å²) in [6, 6.07) is 10.4. The number of hydrogen-bond acceptors (Lipinski definition) is 4. The molecule has 1 aliphatic heterocycles. The van der Waals surface area contributed by atoms with Gasteiger partial charge in [-0.15, -0.1) is 0 Å². The lowest BCUT2D eigenvalue weighted by Crippen LogP contribution is -2.24. The summed E-state index contributed by atoms with van der Waals surface area (Å²) in [6.07, 6.45) is 0. The second-order valence-corrected chi connectivity index (χ2v) is 6.99. The SMILES string of the molecule is O=C1NCCOc2ccc(NS(=O)(=O)c3ccc(Cl)cc3)cc21. The number of benzene rings is 2. The second-order valence-electron chi connectivity index (χ2n) is 4.87. The molecule has 0 saturated carbocycles. The Bertz CT molecular complexity index is 850. The molecule has 0 saturated heterocycles. The summed E-state index contributed by atoms with van der Waals surface area (Å²) in [6.45, 7) is 0.772. The van der Waals surface area contributed by atoms with Crippen LogP contribution < -0.4 is 14.8 Å². The molecule has 0 aliphatic carbocycles. The van der Waals surface area contributed by atoms with Gasteiger partial charge in [0.1, 0.15) is 12.4 Å². The van der Waals surface area contributed by atoms with E-state index in [1.807, 2.05) is 0 Å². The predicted molar refractivity (Wildman–Crippen MR) is 86.5 cm³/mol. The standard InChI is InChI=1S/C15H13ClN2O4S/c16-10-1-4-12(5-2-10)23(20,21)18-11-3-6-14-13(9-11)15(19)17-7-8-22-14/h1-6,9,18H,7-8H2,(H,17,19). The highest BCUT2D eigenvalue weighted by atomic mass is 35.5. The third kappa shape index (κ3) is 3.40. The highest BCUT2D eigenvalue weighted by Gasteiger charge is 2.19. The maximum absolute atomic E-state index is 12.3. The van der Waals surface area contributed by atoms with Crippen LogP contribution in [-0.4, -0.2) is 27.5 Å². The van der Waals surface area contributed by atoms with Crippen molar-refractivity contribution in [2.24, 2.45) is 0 Å². The van der Waals surface area contributed by atoms with Gasteiger partial charge in [-0.1, -0.05) is 11.6 Å². The minimum absolute atomic E-state index is 0.0811. The molecule has 0 aromatic heterocycles. The molecular formula is C15H13ClN2O4S. The molecule has 3 rings (SSSR count). The van der Waals surface area contributed by atoms with Crippen LogP contribution in [0.5, 0.6) is 5.75 Å². The number of sulfonamides is 1. The molecule has 1 amide bonds. The number of carbonyl (C=O) groups is 1. The van der Waals surface area contributed by atoms with Crippen LogP contribution >= 0.6 is 11.6 Å². The van der Waals surface area contributed by atoms with E-state index in [4.69, 9.17) is 16.3 Å². The van der Waals surface area contributed by atoms with Gasteiger partial charge in [0.05, 0.1) is 17.0 Å². The summed E-state index contributed by atoms with van der Waals surface area (Å²) in [7, 11) is -3.76. The number of nitrogens with one attached hydrogen (secondary N) is 2. The van der Waals surface area contributed by atoms with Gasteiger partial charge in [-0.2, -0.15) is 0 Å². The molecule has 1 aliphatic rings. The van der Waals surface area contributed by atoms with E-state index in [2.05, 4.69) is 10.0 Å². The predicted octanol–water partition coefficient (Wildman–Crippen LogP) is 2.26. The third-order valence-corrected chi connectivity index (χ3v) is 4.89. The Morgan fingerprint density at radius 2 is 1.87 bits per heavy atom. The summed E-state index contributed by atoms with van der Waals surface area (Å²) in [5.41, 5.74) is 0.568. The largest absolute Gasteiger partial charge is 0.491 e. The zero-order valence-corrected chi connectivity index (χ0v) is 13.4. The van der Waals surface area contributed by atoms with Crippen LogP contribution in [0.4, 0.5) is 5.69 Å². The molecule has 6 nitrogen and oxygen atoms in total. The van der Waals surface area contributed by atoms with Gasteiger partial charge in [-0.25, -0.2) is 8.42 Å². The molecule has 0 atom stereocenters. The summed E-state index contributed by atoms with van der Waals surface area (Å²) in [4.78, 5) is 12.0. The molecule has 23 heavy (non-hydrogen) atoms. The molecule has 1 heterocycles. The van der Waals surface area contributed by atoms with Gasteiger partial charge in [0, 0.05) is 10.7 Å². The number of amides is 1. The number of carbonyl (C=O) groups excluding carboxylic acids is 1. The van der Waals surface area contributed by atoms with Gasteiger partial charge >= 0.3 is 0 Å². The quantitative estimate of drug-likeness (QED) is 0.887. The number of anilines is 1. The highest BCUT2D eigenvalue weighted by Crippen LogP contribution is 2.26. The van der Waals surface area contributed by atoms with Crippen molar-refractivity contribution in [3.05, 3.63) is 53.1 Å². The molecule has 2 aromatic rings. The average molecular weight is 353 g/mol. The van der Waals surface area contributed by atoms with Crippen molar-refractivity contribution >= 4 is 33.2 Å². The van der Waals surface area contributed by atoms with Crippen molar-refractivity contribution in [3.8, 4) is 5.75 Å². The lowest BCUT2D eigenvalue weighted by atomic mass is 10.1. The van der Waals surface area contributed by atoms with Crippen LogP contribution in [0.25, 0.3) is 0 Å². The van der Waals surface area contributed by atoms with Crippen molar-refractivity contribution in [2.45, 2.75) is 4.90 Å². The number of rotatable bonds is 3. The molecule has 8 heteroatoms. The van der Waals surface area contributed by atoms with Crippen molar-refractivity contribution in [3.63, 3.8) is 0 Å². The number of fused-ring (bicyclic) bond motifs is 1. The van der Waals surface area contributed by atoms with Gasteiger partial charge in [0.2, 0.25) is 0 Å². The van der Waals surface area contributed by atoms with Crippen LogP contribution in [0, 0.1) is 0 Å². The van der Waals surface area contributed by atoms with Crippen molar-refractivity contribution in [2.75, 3.05) is 17.9 Å². The topological polar surface area (TPSA) is 84.5 Å². The molecule has 2 aromatic carbocycles. The van der Waals surface area contributed by atoms with E-state index in [9.17, 15) is 13.2 Å². The van der Waals surface area contributed by atoms with Crippen LogP contribution in [-0.2, 0) is 10.0 Å². The first kappa shape index (κ1) is 15.6. The fraction of sp³-hybridized carbons (Fsp3) is 0.133. The molecule has 0 fully saturated rings.